The molecule has 0 radical (unpaired) electrons. The minimum atomic E-state index is -0.258. The maximum Gasteiger partial charge on any atom is 0.261 e. The van der Waals surface area contributed by atoms with Gasteiger partial charge in [-0.2, -0.15) is 0 Å². The van der Waals surface area contributed by atoms with Crippen LogP contribution in [0.5, 0.6) is 0 Å². The molecule has 0 aliphatic carbocycles. The van der Waals surface area contributed by atoms with Crippen LogP contribution in [0.3, 0.4) is 0 Å². The van der Waals surface area contributed by atoms with Crippen molar-refractivity contribution >= 4 is 17.7 Å². The highest BCUT2D eigenvalue weighted by Crippen LogP contribution is 2.22. The summed E-state index contributed by atoms with van der Waals surface area (Å²) in [6, 6.07) is 7.50. The summed E-state index contributed by atoms with van der Waals surface area (Å²) >= 11 is 0. The number of carbonyl (C=O) groups excluding carboxylic acids is 3. The highest BCUT2D eigenvalue weighted by atomic mass is 16.2. The molecule has 0 saturated carbocycles. The normalized spacial score (nSPS) is 20.0. The summed E-state index contributed by atoms with van der Waals surface area (Å²) in [7, 11) is 0. The van der Waals surface area contributed by atoms with Crippen molar-refractivity contribution in [3.8, 4) is 0 Å². The van der Waals surface area contributed by atoms with Crippen molar-refractivity contribution in [3.63, 3.8) is 0 Å². The van der Waals surface area contributed by atoms with Gasteiger partial charge in [0, 0.05) is 32.1 Å². The summed E-state index contributed by atoms with van der Waals surface area (Å²) in [4.78, 5) is 40.3. The lowest BCUT2D eigenvalue weighted by Gasteiger charge is -2.33. The first kappa shape index (κ1) is 19.5. The number of hydrogen-bond acceptors (Lipinski definition) is 4. The van der Waals surface area contributed by atoms with E-state index in [0.29, 0.717) is 36.6 Å². The molecule has 2 heterocycles. The maximum absolute atomic E-state index is 12.3. The number of amides is 3. The Morgan fingerprint density at radius 3 is 2.44 bits per heavy atom. The van der Waals surface area contributed by atoms with Crippen LogP contribution in [0, 0.1) is 0 Å². The highest BCUT2D eigenvalue weighted by Gasteiger charge is 2.34. The average molecular weight is 371 g/mol. The molecule has 3 amide bonds. The molecule has 27 heavy (non-hydrogen) atoms. The predicted molar refractivity (Wildman–Crippen MR) is 104 cm³/mol. The fourth-order valence-electron chi connectivity index (χ4n) is 3.93. The van der Waals surface area contributed by atoms with Crippen LogP contribution in [0.1, 0.15) is 66.2 Å². The van der Waals surface area contributed by atoms with E-state index in [-0.39, 0.29) is 24.3 Å². The largest absolute Gasteiger partial charge is 0.356 e. The van der Waals surface area contributed by atoms with Crippen LogP contribution in [0.2, 0.25) is 0 Å². The van der Waals surface area contributed by atoms with Crippen LogP contribution in [-0.2, 0) is 4.79 Å². The molecule has 1 fully saturated rings. The second kappa shape index (κ2) is 9.13. The number of nitrogens with one attached hydrogen (secondary N) is 1. The van der Waals surface area contributed by atoms with Gasteiger partial charge in [0.2, 0.25) is 5.91 Å². The number of hydrogen-bond donors (Lipinski definition) is 1. The zero-order chi connectivity index (χ0) is 19.2. The topological polar surface area (TPSA) is 69.7 Å². The molecule has 1 N–H and O–H groups in total. The molecule has 1 aromatic rings. The third-order valence-corrected chi connectivity index (χ3v) is 5.55. The Morgan fingerprint density at radius 1 is 1.07 bits per heavy atom. The van der Waals surface area contributed by atoms with Gasteiger partial charge in [-0.05, 0) is 51.3 Å². The van der Waals surface area contributed by atoms with Crippen molar-refractivity contribution in [2.24, 2.45) is 0 Å². The van der Waals surface area contributed by atoms with Crippen molar-refractivity contribution in [2.45, 2.75) is 51.5 Å². The third kappa shape index (κ3) is 4.75. The quantitative estimate of drug-likeness (QED) is 0.563. The van der Waals surface area contributed by atoms with E-state index in [0.717, 1.165) is 19.5 Å². The highest BCUT2D eigenvalue weighted by molar-refractivity contribution is 6.21. The number of rotatable bonds is 8. The first-order valence-electron chi connectivity index (χ1n) is 10.0. The Labute approximate surface area is 160 Å². The molecule has 3 rings (SSSR count). The number of likely N-dealkylation sites (tertiary alicyclic amines) is 1. The predicted octanol–water partition coefficient (Wildman–Crippen LogP) is 2.44. The van der Waals surface area contributed by atoms with Gasteiger partial charge in [0.05, 0.1) is 11.1 Å². The van der Waals surface area contributed by atoms with Crippen LogP contribution in [0.15, 0.2) is 24.3 Å². The van der Waals surface area contributed by atoms with Crippen LogP contribution in [-0.4, -0.2) is 59.7 Å². The second-order valence-electron chi connectivity index (χ2n) is 7.50. The SMILES string of the molecule is C[C@H]1CCCCN1CCCNC(=O)CCCN1C(=O)c2ccccc2C1=O. The van der Waals surface area contributed by atoms with Crippen LogP contribution in [0.4, 0.5) is 0 Å². The summed E-state index contributed by atoms with van der Waals surface area (Å²) in [5, 5.41) is 2.95. The minimum absolute atomic E-state index is 0.0155. The first-order valence-corrected chi connectivity index (χ1v) is 10.0. The Bertz CT molecular complexity index is 669. The molecule has 1 saturated heterocycles. The van der Waals surface area contributed by atoms with Gasteiger partial charge in [-0.15, -0.1) is 0 Å². The number of benzene rings is 1. The summed E-state index contributed by atoms with van der Waals surface area (Å²) in [6.45, 7) is 5.42. The molecule has 0 bridgehead atoms. The van der Waals surface area contributed by atoms with Crippen molar-refractivity contribution in [1.82, 2.24) is 15.1 Å². The lowest BCUT2D eigenvalue weighted by atomic mass is 10.0. The zero-order valence-corrected chi connectivity index (χ0v) is 16.1. The fraction of sp³-hybridized carbons (Fsp3) is 0.571. The first-order chi connectivity index (χ1) is 13.1. The van der Waals surface area contributed by atoms with Crippen molar-refractivity contribution in [3.05, 3.63) is 35.4 Å². The summed E-state index contributed by atoms with van der Waals surface area (Å²) in [6.07, 6.45) is 5.63. The number of nitrogens with zero attached hydrogens (tertiary/aromatic N) is 2. The van der Waals surface area contributed by atoms with Crippen molar-refractivity contribution in [1.29, 1.82) is 0 Å². The molecular formula is C21H29N3O3. The Balaban J connectivity index is 1.32. The number of carbonyl (C=O) groups is 3. The number of piperidine rings is 1. The van der Waals surface area contributed by atoms with Gasteiger partial charge in [0.1, 0.15) is 0 Å². The monoisotopic (exact) mass is 371 g/mol. The Morgan fingerprint density at radius 2 is 1.78 bits per heavy atom. The van der Waals surface area contributed by atoms with Crippen molar-refractivity contribution in [2.75, 3.05) is 26.2 Å². The molecule has 2 aliphatic heterocycles. The lowest BCUT2D eigenvalue weighted by Crippen LogP contribution is -2.39. The number of fused-ring (bicyclic) bond motifs is 1. The van der Waals surface area contributed by atoms with Gasteiger partial charge in [0.25, 0.3) is 11.8 Å². The summed E-state index contributed by atoms with van der Waals surface area (Å²) in [5.41, 5.74) is 0.915. The van der Waals surface area contributed by atoms with E-state index in [2.05, 4.69) is 17.1 Å². The molecule has 2 aliphatic rings. The molecule has 0 spiro atoms. The van der Waals surface area contributed by atoms with Crippen LogP contribution < -0.4 is 5.32 Å². The van der Waals surface area contributed by atoms with Gasteiger partial charge < -0.3 is 10.2 Å². The van der Waals surface area contributed by atoms with E-state index in [4.69, 9.17) is 0 Å². The molecule has 6 heteroatoms. The molecule has 6 nitrogen and oxygen atoms in total. The minimum Gasteiger partial charge on any atom is -0.356 e. The third-order valence-electron chi connectivity index (χ3n) is 5.55. The van der Waals surface area contributed by atoms with Crippen LogP contribution >= 0.6 is 0 Å². The summed E-state index contributed by atoms with van der Waals surface area (Å²) < 4.78 is 0. The van der Waals surface area contributed by atoms with Gasteiger partial charge in [0.15, 0.2) is 0 Å². The van der Waals surface area contributed by atoms with Gasteiger partial charge in [-0.1, -0.05) is 18.6 Å². The van der Waals surface area contributed by atoms with E-state index < -0.39 is 0 Å². The zero-order valence-electron chi connectivity index (χ0n) is 16.1. The lowest BCUT2D eigenvalue weighted by molar-refractivity contribution is -0.121. The van der Waals surface area contributed by atoms with E-state index in [1.54, 1.807) is 24.3 Å². The molecule has 1 aromatic carbocycles. The molecule has 0 unspecified atom stereocenters. The molecule has 146 valence electrons. The second-order valence-corrected chi connectivity index (χ2v) is 7.50. The van der Waals surface area contributed by atoms with E-state index in [9.17, 15) is 14.4 Å². The van der Waals surface area contributed by atoms with E-state index >= 15 is 0 Å². The Kier molecular flexibility index (Phi) is 6.61. The smallest absolute Gasteiger partial charge is 0.261 e. The molecule has 1 atom stereocenters. The molecule has 0 aromatic heterocycles. The molecular weight excluding hydrogens is 342 g/mol. The van der Waals surface area contributed by atoms with E-state index in [1.165, 1.54) is 24.2 Å². The average Bonchev–Trinajstić information content (AvgIpc) is 2.92. The maximum atomic E-state index is 12.3. The van der Waals surface area contributed by atoms with E-state index in [1.807, 2.05) is 0 Å². The van der Waals surface area contributed by atoms with Gasteiger partial charge in [-0.25, -0.2) is 0 Å². The summed E-state index contributed by atoms with van der Waals surface area (Å²) in [5.74, 6) is -0.531. The standard InChI is InChI=1S/C21H29N3O3/c1-16-8-4-5-13-23(16)14-7-12-22-19(25)11-6-15-24-20(26)17-9-2-3-10-18(17)21(24)27/h2-3,9-10,16H,4-8,11-15H2,1H3,(H,22,25)/t16-/m0/s1. The fourth-order valence-corrected chi connectivity index (χ4v) is 3.93. The van der Waals surface area contributed by atoms with Gasteiger partial charge in [-0.3, -0.25) is 19.3 Å². The number of imide groups is 1. The van der Waals surface area contributed by atoms with Gasteiger partial charge >= 0.3 is 0 Å². The Hall–Kier alpha value is -2.21. The van der Waals surface area contributed by atoms with Crippen LogP contribution in [0.25, 0.3) is 0 Å². The van der Waals surface area contributed by atoms with Crippen molar-refractivity contribution < 1.29 is 14.4 Å².